The first-order valence-electron chi connectivity index (χ1n) is 10.3. The number of rotatable bonds is 6. The number of nitrogens with one attached hydrogen (secondary N) is 1. The summed E-state index contributed by atoms with van der Waals surface area (Å²) in [5.41, 5.74) is 7.45. The Kier molecular flexibility index (Phi) is 5.71. The van der Waals surface area contributed by atoms with Crippen molar-refractivity contribution in [2.24, 2.45) is 0 Å². The Morgan fingerprint density at radius 2 is 1.71 bits per heavy atom. The van der Waals surface area contributed by atoms with E-state index in [2.05, 4.69) is 17.4 Å². The number of ether oxygens (including phenoxy) is 1. The zero-order valence-electron chi connectivity index (χ0n) is 18.3. The van der Waals surface area contributed by atoms with E-state index in [1.807, 2.05) is 67.8 Å². The van der Waals surface area contributed by atoms with Gasteiger partial charge >= 0.3 is 0 Å². The molecule has 1 N–H and O–H groups in total. The van der Waals surface area contributed by atoms with Crippen LogP contribution in [0, 0.1) is 20.8 Å². The van der Waals surface area contributed by atoms with E-state index in [1.54, 1.807) is 7.11 Å². The number of fused-ring (bicyclic) bond motifs is 1. The van der Waals surface area contributed by atoms with Crippen LogP contribution in [0.15, 0.2) is 54.6 Å². The van der Waals surface area contributed by atoms with E-state index >= 15 is 0 Å². The number of hydrogen-bond acceptors (Lipinski definition) is 4. The molecule has 0 fully saturated rings. The Morgan fingerprint density at radius 3 is 2.45 bits per heavy atom. The lowest BCUT2D eigenvalue weighted by Crippen LogP contribution is -2.26. The summed E-state index contributed by atoms with van der Waals surface area (Å²) in [5, 5.41) is 7.71. The molecule has 0 saturated carbocycles. The van der Waals surface area contributed by atoms with E-state index in [4.69, 9.17) is 14.8 Å². The maximum atomic E-state index is 12.7. The fraction of sp³-hybridized carbons (Fsp3) is 0.240. The van der Waals surface area contributed by atoms with Gasteiger partial charge in [-0.3, -0.25) is 4.79 Å². The van der Waals surface area contributed by atoms with E-state index < -0.39 is 0 Å². The van der Waals surface area contributed by atoms with Gasteiger partial charge in [0.05, 0.1) is 19.2 Å². The first-order chi connectivity index (χ1) is 15.0. The second kappa shape index (κ2) is 8.60. The molecule has 0 unspecified atom stereocenters. The summed E-state index contributed by atoms with van der Waals surface area (Å²) in [6.45, 7) is 6.35. The Labute approximate surface area is 181 Å². The largest absolute Gasteiger partial charge is 0.496 e. The predicted molar refractivity (Wildman–Crippen MR) is 121 cm³/mol. The van der Waals surface area contributed by atoms with Gasteiger partial charge < -0.3 is 10.1 Å². The third-order valence-electron chi connectivity index (χ3n) is 5.57. The van der Waals surface area contributed by atoms with E-state index in [-0.39, 0.29) is 12.3 Å². The van der Waals surface area contributed by atoms with Crippen molar-refractivity contribution in [2.45, 2.75) is 33.7 Å². The van der Waals surface area contributed by atoms with Gasteiger partial charge in [-0.15, -0.1) is 0 Å². The molecule has 0 aliphatic rings. The zero-order chi connectivity index (χ0) is 22.0. The second-order valence-electron chi connectivity index (χ2n) is 7.59. The van der Waals surface area contributed by atoms with Crippen LogP contribution in [0.5, 0.6) is 5.75 Å². The van der Waals surface area contributed by atoms with Gasteiger partial charge in [-0.05, 0) is 32.4 Å². The number of aryl methyl sites for hydroxylation is 3. The third-order valence-corrected chi connectivity index (χ3v) is 5.57. The van der Waals surface area contributed by atoms with E-state index in [0.717, 1.165) is 50.7 Å². The van der Waals surface area contributed by atoms with Crippen molar-refractivity contribution in [3.63, 3.8) is 0 Å². The third kappa shape index (κ3) is 4.01. The Bertz CT molecular complexity index is 1250. The zero-order valence-corrected chi connectivity index (χ0v) is 18.3. The number of amides is 1. The summed E-state index contributed by atoms with van der Waals surface area (Å²) in [7, 11) is 1.63. The number of carbonyl (C=O) groups excluding carboxylic acids is 1. The van der Waals surface area contributed by atoms with Crippen LogP contribution in [-0.2, 0) is 17.8 Å². The summed E-state index contributed by atoms with van der Waals surface area (Å²) in [5.74, 6) is 0.698. The number of hydrogen-bond donors (Lipinski definition) is 1. The fourth-order valence-corrected chi connectivity index (χ4v) is 3.93. The standard InChI is InChI=1S/C25H26N4O2/c1-16-21(14-23(30)26-15-20-12-8-9-13-22(20)31-4)18(3)29-25(27-16)24(17(2)28-29)19-10-6-5-7-11-19/h5-13H,14-15H2,1-4H3,(H,26,30). The van der Waals surface area contributed by atoms with Crippen LogP contribution in [0.25, 0.3) is 16.8 Å². The van der Waals surface area contributed by atoms with Gasteiger partial charge in [-0.25, -0.2) is 9.50 Å². The minimum atomic E-state index is -0.0644. The van der Waals surface area contributed by atoms with Crippen molar-refractivity contribution in [2.75, 3.05) is 7.11 Å². The van der Waals surface area contributed by atoms with Crippen molar-refractivity contribution in [3.8, 4) is 16.9 Å². The van der Waals surface area contributed by atoms with Gasteiger partial charge in [0.25, 0.3) is 0 Å². The van der Waals surface area contributed by atoms with Gasteiger partial charge in [-0.2, -0.15) is 5.10 Å². The van der Waals surface area contributed by atoms with Crippen molar-refractivity contribution in [3.05, 3.63) is 82.8 Å². The van der Waals surface area contributed by atoms with Crippen molar-refractivity contribution >= 4 is 11.6 Å². The van der Waals surface area contributed by atoms with Crippen LogP contribution in [0.3, 0.4) is 0 Å². The van der Waals surface area contributed by atoms with Gasteiger partial charge in [-0.1, -0.05) is 48.5 Å². The molecule has 158 valence electrons. The molecule has 6 heteroatoms. The van der Waals surface area contributed by atoms with Crippen LogP contribution >= 0.6 is 0 Å². The second-order valence-corrected chi connectivity index (χ2v) is 7.59. The minimum absolute atomic E-state index is 0.0644. The highest BCUT2D eigenvalue weighted by molar-refractivity contribution is 5.82. The van der Waals surface area contributed by atoms with Crippen molar-refractivity contribution in [1.29, 1.82) is 0 Å². The van der Waals surface area contributed by atoms with Gasteiger partial charge in [0.2, 0.25) is 5.91 Å². The lowest BCUT2D eigenvalue weighted by molar-refractivity contribution is -0.120. The van der Waals surface area contributed by atoms with Crippen LogP contribution in [0.4, 0.5) is 0 Å². The summed E-state index contributed by atoms with van der Waals surface area (Å²) in [4.78, 5) is 17.5. The summed E-state index contributed by atoms with van der Waals surface area (Å²) in [6.07, 6.45) is 0.245. The number of benzene rings is 2. The predicted octanol–water partition coefficient (Wildman–Crippen LogP) is 4.19. The summed E-state index contributed by atoms with van der Waals surface area (Å²) in [6, 6.07) is 17.8. The van der Waals surface area contributed by atoms with Gasteiger partial charge in [0.15, 0.2) is 5.65 Å². The number of methoxy groups -OCH3 is 1. The highest BCUT2D eigenvalue weighted by Crippen LogP contribution is 2.29. The van der Waals surface area contributed by atoms with E-state index in [1.165, 1.54) is 0 Å². The molecule has 31 heavy (non-hydrogen) atoms. The topological polar surface area (TPSA) is 68.5 Å². The maximum Gasteiger partial charge on any atom is 0.224 e. The summed E-state index contributed by atoms with van der Waals surface area (Å²) >= 11 is 0. The average Bonchev–Trinajstić information content (AvgIpc) is 3.11. The number of para-hydroxylation sites is 1. The number of aromatic nitrogens is 3. The molecule has 0 bridgehead atoms. The van der Waals surface area contributed by atoms with Crippen molar-refractivity contribution in [1.82, 2.24) is 19.9 Å². The average molecular weight is 415 g/mol. The summed E-state index contributed by atoms with van der Waals surface area (Å²) < 4.78 is 7.21. The van der Waals surface area contributed by atoms with Crippen LogP contribution in [-0.4, -0.2) is 27.6 Å². The molecule has 2 heterocycles. The molecular weight excluding hydrogens is 388 g/mol. The molecule has 0 aliphatic carbocycles. The molecule has 4 aromatic rings. The Hall–Kier alpha value is -3.67. The van der Waals surface area contributed by atoms with Crippen LogP contribution in [0.2, 0.25) is 0 Å². The quantitative estimate of drug-likeness (QED) is 0.514. The monoisotopic (exact) mass is 414 g/mol. The molecule has 4 rings (SSSR count). The lowest BCUT2D eigenvalue weighted by atomic mass is 10.1. The molecule has 1 amide bonds. The SMILES string of the molecule is COc1ccccc1CNC(=O)Cc1c(C)nc2c(-c3ccccc3)c(C)nn2c1C. The molecule has 0 saturated heterocycles. The van der Waals surface area contributed by atoms with Crippen LogP contribution in [0.1, 0.15) is 28.2 Å². The van der Waals surface area contributed by atoms with Gasteiger partial charge in [0.1, 0.15) is 5.75 Å². The molecule has 0 atom stereocenters. The molecule has 0 aliphatic heterocycles. The Morgan fingerprint density at radius 1 is 1.00 bits per heavy atom. The molecule has 2 aromatic heterocycles. The van der Waals surface area contributed by atoms with E-state index in [0.29, 0.717) is 6.54 Å². The molecule has 0 spiro atoms. The number of nitrogens with zero attached hydrogens (tertiary/aromatic N) is 3. The maximum absolute atomic E-state index is 12.7. The van der Waals surface area contributed by atoms with Crippen molar-refractivity contribution < 1.29 is 9.53 Å². The smallest absolute Gasteiger partial charge is 0.224 e. The molecule has 0 radical (unpaired) electrons. The minimum Gasteiger partial charge on any atom is -0.496 e. The normalized spacial score (nSPS) is 11.0. The Balaban J connectivity index is 1.61. The fourth-order valence-electron chi connectivity index (χ4n) is 3.93. The lowest BCUT2D eigenvalue weighted by Gasteiger charge is -2.13. The molecular formula is C25H26N4O2. The first kappa shape index (κ1) is 20.6. The van der Waals surface area contributed by atoms with Gasteiger partial charge in [0, 0.05) is 34.6 Å². The molecule has 6 nitrogen and oxygen atoms in total. The first-order valence-corrected chi connectivity index (χ1v) is 10.3. The highest BCUT2D eigenvalue weighted by Gasteiger charge is 2.19. The van der Waals surface area contributed by atoms with Crippen LogP contribution < -0.4 is 10.1 Å². The van der Waals surface area contributed by atoms with E-state index in [9.17, 15) is 4.79 Å². The highest BCUT2D eigenvalue weighted by atomic mass is 16.5. The number of carbonyl (C=O) groups is 1. The molecule has 2 aromatic carbocycles.